The van der Waals surface area contributed by atoms with E-state index in [1.165, 1.54) is 18.3 Å². The van der Waals surface area contributed by atoms with Crippen LogP contribution >= 0.6 is 0 Å². The van der Waals surface area contributed by atoms with Gasteiger partial charge in [-0.25, -0.2) is 4.98 Å². The van der Waals surface area contributed by atoms with Gasteiger partial charge in [-0.3, -0.25) is 9.67 Å². The number of aryl methyl sites for hydroxylation is 1. The van der Waals surface area contributed by atoms with Crippen LogP contribution in [0.5, 0.6) is 0 Å². The largest absolute Gasteiger partial charge is 0.450 e. The average molecular weight is 348 g/mol. The van der Waals surface area contributed by atoms with Gasteiger partial charge in [0.25, 0.3) is 0 Å². The number of benzene rings is 1. The average Bonchev–Trinajstić information content (AvgIpc) is 3.11. The number of H-pyrrole nitrogens is 1. The molecule has 0 aliphatic rings. The lowest BCUT2D eigenvalue weighted by Crippen LogP contribution is -2.14. The summed E-state index contributed by atoms with van der Waals surface area (Å²) in [5.74, 6) is -1.63. The standard InChI is InChI=1S/C14H10F6N4/c1-2-7-3-9(4-8-5-21-23-11(7)8)24-6-10(13(15,16)17)22-12(24)14(18,19)20/h3-6H,2H2,1H3,(H,21,23). The van der Waals surface area contributed by atoms with Crippen molar-refractivity contribution in [2.45, 2.75) is 25.7 Å². The van der Waals surface area contributed by atoms with Crippen molar-refractivity contribution in [3.63, 3.8) is 0 Å². The van der Waals surface area contributed by atoms with Crippen LogP contribution in [0.1, 0.15) is 24.0 Å². The molecule has 1 aromatic carbocycles. The molecule has 3 aromatic rings. The van der Waals surface area contributed by atoms with Crippen LogP contribution in [0.2, 0.25) is 0 Å². The number of imidazole rings is 1. The highest BCUT2D eigenvalue weighted by Gasteiger charge is 2.42. The molecule has 0 bridgehead atoms. The van der Waals surface area contributed by atoms with Gasteiger partial charge >= 0.3 is 12.4 Å². The van der Waals surface area contributed by atoms with E-state index in [2.05, 4.69) is 15.2 Å². The summed E-state index contributed by atoms with van der Waals surface area (Å²) < 4.78 is 78.0. The van der Waals surface area contributed by atoms with E-state index >= 15 is 0 Å². The number of rotatable bonds is 2. The molecule has 0 spiro atoms. The van der Waals surface area contributed by atoms with E-state index in [4.69, 9.17) is 0 Å². The minimum atomic E-state index is -5.03. The molecule has 24 heavy (non-hydrogen) atoms. The molecule has 2 aromatic heterocycles. The van der Waals surface area contributed by atoms with Gasteiger partial charge < -0.3 is 0 Å². The van der Waals surface area contributed by atoms with E-state index in [1.807, 2.05) is 0 Å². The Labute approximate surface area is 131 Å². The van der Waals surface area contributed by atoms with E-state index in [9.17, 15) is 26.3 Å². The fourth-order valence-electron chi connectivity index (χ4n) is 2.45. The third-order valence-corrected chi connectivity index (χ3v) is 3.52. The first-order chi connectivity index (χ1) is 11.1. The van der Waals surface area contributed by atoms with Crippen LogP contribution in [0.3, 0.4) is 0 Å². The normalized spacial score (nSPS) is 13.0. The molecule has 0 unspecified atom stereocenters. The molecule has 10 heteroatoms. The van der Waals surface area contributed by atoms with Gasteiger partial charge in [-0.15, -0.1) is 0 Å². The first-order valence-corrected chi connectivity index (χ1v) is 6.81. The van der Waals surface area contributed by atoms with Crippen molar-refractivity contribution < 1.29 is 26.3 Å². The van der Waals surface area contributed by atoms with Gasteiger partial charge in [-0.1, -0.05) is 6.92 Å². The molecule has 128 valence electrons. The van der Waals surface area contributed by atoms with E-state index < -0.39 is 23.9 Å². The summed E-state index contributed by atoms with van der Waals surface area (Å²) in [6, 6.07) is 2.71. The van der Waals surface area contributed by atoms with Gasteiger partial charge in [0.2, 0.25) is 5.82 Å². The second-order valence-electron chi connectivity index (χ2n) is 5.11. The topological polar surface area (TPSA) is 46.5 Å². The van der Waals surface area contributed by atoms with E-state index in [-0.39, 0.29) is 5.69 Å². The highest BCUT2D eigenvalue weighted by molar-refractivity contribution is 5.83. The molecule has 0 saturated carbocycles. The zero-order valence-corrected chi connectivity index (χ0v) is 12.1. The Balaban J connectivity index is 2.27. The minimum absolute atomic E-state index is 0.0592. The van der Waals surface area contributed by atoms with Crippen LogP contribution in [-0.2, 0) is 18.8 Å². The molecule has 0 fully saturated rings. The summed E-state index contributed by atoms with van der Waals surface area (Å²) >= 11 is 0. The van der Waals surface area contributed by atoms with Crippen LogP contribution in [0.4, 0.5) is 26.3 Å². The maximum Gasteiger partial charge on any atom is 0.450 e. The summed E-state index contributed by atoms with van der Waals surface area (Å²) in [5.41, 5.74) is -0.391. The van der Waals surface area contributed by atoms with Gasteiger partial charge in [0.05, 0.1) is 11.7 Å². The Morgan fingerprint density at radius 1 is 1.08 bits per heavy atom. The number of halogens is 6. The molecule has 0 radical (unpaired) electrons. The van der Waals surface area contributed by atoms with Crippen molar-refractivity contribution in [3.05, 3.63) is 41.6 Å². The quantitative estimate of drug-likeness (QED) is 0.700. The van der Waals surface area contributed by atoms with Gasteiger partial charge in [0.1, 0.15) is 0 Å². The van der Waals surface area contributed by atoms with Crippen LogP contribution in [-0.4, -0.2) is 19.7 Å². The van der Waals surface area contributed by atoms with Crippen molar-refractivity contribution in [2.75, 3.05) is 0 Å². The predicted molar refractivity (Wildman–Crippen MR) is 72.6 cm³/mol. The van der Waals surface area contributed by atoms with Gasteiger partial charge in [0.15, 0.2) is 5.69 Å². The molecule has 4 nitrogen and oxygen atoms in total. The first kappa shape index (κ1) is 16.3. The fraction of sp³-hybridized carbons (Fsp3) is 0.286. The van der Waals surface area contributed by atoms with Gasteiger partial charge in [0, 0.05) is 17.3 Å². The third kappa shape index (κ3) is 2.72. The first-order valence-electron chi connectivity index (χ1n) is 6.81. The predicted octanol–water partition coefficient (Wildman–Crippen LogP) is 4.35. The molecular weight excluding hydrogens is 338 g/mol. The number of nitrogens with zero attached hydrogens (tertiary/aromatic N) is 3. The Bertz CT molecular complexity index is 887. The molecule has 1 N–H and O–H groups in total. The Morgan fingerprint density at radius 3 is 2.38 bits per heavy atom. The zero-order chi connectivity index (χ0) is 17.7. The summed E-state index contributed by atoms with van der Waals surface area (Å²) in [7, 11) is 0. The molecule has 0 atom stereocenters. The lowest BCUT2D eigenvalue weighted by molar-refractivity contribution is -0.150. The maximum atomic E-state index is 13.1. The lowest BCUT2D eigenvalue weighted by atomic mass is 10.1. The highest BCUT2D eigenvalue weighted by atomic mass is 19.4. The second kappa shape index (κ2) is 5.25. The summed E-state index contributed by atoms with van der Waals surface area (Å²) in [5, 5.41) is 7.02. The number of nitrogens with one attached hydrogen (secondary N) is 1. The number of hydrogen-bond acceptors (Lipinski definition) is 2. The van der Waals surface area contributed by atoms with Gasteiger partial charge in [-0.05, 0) is 24.1 Å². The molecule has 0 aliphatic heterocycles. The van der Waals surface area contributed by atoms with Crippen LogP contribution in [0, 0.1) is 0 Å². The number of hydrogen-bond donors (Lipinski definition) is 1. The van der Waals surface area contributed by atoms with E-state index in [0.717, 1.165) is 0 Å². The van der Waals surface area contributed by atoms with E-state index in [1.54, 1.807) is 6.92 Å². The second-order valence-corrected chi connectivity index (χ2v) is 5.11. The Morgan fingerprint density at radius 2 is 1.79 bits per heavy atom. The molecule has 0 amide bonds. The summed E-state index contributed by atoms with van der Waals surface area (Å²) in [4.78, 5) is 2.74. The molecule has 2 heterocycles. The van der Waals surface area contributed by atoms with Crippen molar-refractivity contribution >= 4 is 10.9 Å². The molecule has 0 aliphatic carbocycles. The Hall–Kier alpha value is -2.52. The van der Waals surface area contributed by atoms with Crippen LogP contribution < -0.4 is 0 Å². The number of alkyl halides is 6. The van der Waals surface area contributed by atoms with Crippen molar-refractivity contribution in [2.24, 2.45) is 0 Å². The van der Waals surface area contributed by atoms with Crippen LogP contribution in [0.25, 0.3) is 16.6 Å². The molecular formula is C14H10F6N4. The Kier molecular flexibility index (Phi) is 3.57. The van der Waals surface area contributed by atoms with Crippen molar-refractivity contribution in [1.82, 2.24) is 19.7 Å². The maximum absolute atomic E-state index is 13.1. The number of aromatic amines is 1. The zero-order valence-electron chi connectivity index (χ0n) is 12.1. The summed E-state index contributed by atoms with van der Waals surface area (Å²) in [6.07, 6.45) is -7.79. The molecule has 0 saturated heterocycles. The van der Waals surface area contributed by atoms with Crippen molar-refractivity contribution in [3.8, 4) is 5.69 Å². The third-order valence-electron chi connectivity index (χ3n) is 3.52. The smallest absolute Gasteiger partial charge is 0.296 e. The van der Waals surface area contributed by atoms with E-state index in [0.29, 0.717) is 33.7 Å². The molecule has 3 rings (SSSR count). The minimum Gasteiger partial charge on any atom is -0.296 e. The monoisotopic (exact) mass is 348 g/mol. The fourth-order valence-corrected chi connectivity index (χ4v) is 2.45. The summed E-state index contributed by atoms with van der Waals surface area (Å²) in [6.45, 7) is 1.78. The van der Waals surface area contributed by atoms with Crippen LogP contribution in [0.15, 0.2) is 24.5 Å². The van der Waals surface area contributed by atoms with Gasteiger partial charge in [-0.2, -0.15) is 31.4 Å². The van der Waals surface area contributed by atoms with Crippen molar-refractivity contribution in [1.29, 1.82) is 0 Å². The SMILES string of the molecule is CCc1cc(-n2cc(C(F)(F)F)nc2C(F)(F)F)cc2cn[nH]c12. The number of aromatic nitrogens is 4. The lowest BCUT2D eigenvalue weighted by Gasteiger charge is -2.12. The highest BCUT2D eigenvalue weighted by Crippen LogP contribution is 2.36. The number of fused-ring (bicyclic) bond motifs is 1.